The van der Waals surface area contributed by atoms with Gasteiger partial charge in [-0.2, -0.15) is 0 Å². The molecule has 0 aromatic heterocycles. The fourth-order valence-corrected chi connectivity index (χ4v) is 3.36. The van der Waals surface area contributed by atoms with Crippen molar-refractivity contribution in [2.24, 2.45) is 0 Å². The predicted octanol–water partition coefficient (Wildman–Crippen LogP) is 1.13. The second kappa shape index (κ2) is 6.83. The van der Waals surface area contributed by atoms with Gasteiger partial charge in [0.05, 0.1) is 10.5 Å². The molecule has 0 fully saturated rings. The molecule has 0 aliphatic heterocycles. The van der Waals surface area contributed by atoms with Crippen molar-refractivity contribution in [2.75, 3.05) is 6.61 Å². The molecule has 0 saturated heterocycles. The highest BCUT2D eigenvalue weighted by molar-refractivity contribution is 7.89. The number of carbonyl (C=O) groups is 1. The third-order valence-corrected chi connectivity index (χ3v) is 4.61. The number of aromatic carboxylic acids is 1. The summed E-state index contributed by atoms with van der Waals surface area (Å²) in [6.07, 6.45) is 1.01. The van der Waals surface area contributed by atoms with E-state index >= 15 is 0 Å². The quantitative estimate of drug-likeness (QED) is 0.700. The molecule has 7 heteroatoms. The third-order valence-electron chi connectivity index (χ3n) is 2.88. The van der Waals surface area contributed by atoms with Crippen LogP contribution in [0.25, 0.3) is 0 Å². The maximum Gasteiger partial charge on any atom is 0.335 e. The van der Waals surface area contributed by atoms with Crippen LogP contribution in [0.4, 0.5) is 0 Å². The fourth-order valence-electron chi connectivity index (χ4n) is 1.81. The first-order valence-corrected chi connectivity index (χ1v) is 7.73. The minimum atomic E-state index is -3.77. The molecule has 0 heterocycles. The standard InChI is InChI=1S/C13H19NO5S/c1-9-5-6-11(13(16)17)8-12(9)20(18,19)14-10(2)4-3-7-15/h5-6,8,10,14-15H,3-4,7H2,1-2H3,(H,16,17). The Labute approximate surface area is 118 Å². The van der Waals surface area contributed by atoms with Crippen molar-refractivity contribution in [3.8, 4) is 0 Å². The molecule has 1 aromatic rings. The van der Waals surface area contributed by atoms with Gasteiger partial charge in [0, 0.05) is 12.6 Å². The average molecular weight is 301 g/mol. The van der Waals surface area contributed by atoms with Crippen molar-refractivity contribution < 1.29 is 23.4 Å². The van der Waals surface area contributed by atoms with Gasteiger partial charge in [-0.15, -0.1) is 0 Å². The van der Waals surface area contributed by atoms with E-state index in [4.69, 9.17) is 10.2 Å². The number of aliphatic hydroxyl groups is 1. The van der Waals surface area contributed by atoms with Crippen LogP contribution in [-0.4, -0.2) is 37.2 Å². The van der Waals surface area contributed by atoms with E-state index in [1.165, 1.54) is 12.1 Å². The lowest BCUT2D eigenvalue weighted by molar-refractivity contribution is 0.0696. The van der Waals surface area contributed by atoms with Crippen molar-refractivity contribution in [3.63, 3.8) is 0 Å². The van der Waals surface area contributed by atoms with Gasteiger partial charge in [-0.05, 0) is 44.4 Å². The predicted molar refractivity (Wildman–Crippen MR) is 74.2 cm³/mol. The Hall–Kier alpha value is -1.44. The van der Waals surface area contributed by atoms with E-state index in [1.54, 1.807) is 13.8 Å². The summed E-state index contributed by atoms with van der Waals surface area (Å²) in [5, 5.41) is 17.7. The van der Waals surface area contributed by atoms with Crippen molar-refractivity contribution in [2.45, 2.75) is 37.6 Å². The molecule has 1 unspecified atom stereocenters. The van der Waals surface area contributed by atoms with E-state index < -0.39 is 16.0 Å². The van der Waals surface area contributed by atoms with Crippen LogP contribution in [0.3, 0.4) is 0 Å². The number of sulfonamides is 1. The molecular formula is C13H19NO5S. The van der Waals surface area contributed by atoms with Crippen LogP contribution in [0.5, 0.6) is 0 Å². The Bertz CT molecular complexity index is 582. The lowest BCUT2D eigenvalue weighted by Crippen LogP contribution is -2.33. The highest BCUT2D eigenvalue weighted by Gasteiger charge is 2.20. The van der Waals surface area contributed by atoms with Crippen LogP contribution in [0.1, 0.15) is 35.7 Å². The second-order valence-corrected chi connectivity index (χ2v) is 6.36. The summed E-state index contributed by atoms with van der Waals surface area (Å²) >= 11 is 0. The summed E-state index contributed by atoms with van der Waals surface area (Å²) in [4.78, 5) is 10.9. The van der Waals surface area contributed by atoms with Gasteiger partial charge in [0.1, 0.15) is 0 Å². The highest BCUT2D eigenvalue weighted by Crippen LogP contribution is 2.18. The molecule has 0 aliphatic rings. The number of hydrogen-bond donors (Lipinski definition) is 3. The number of carboxylic acids is 1. The molecule has 0 amide bonds. The number of aryl methyl sites for hydroxylation is 1. The monoisotopic (exact) mass is 301 g/mol. The van der Waals surface area contributed by atoms with Gasteiger partial charge in [0.15, 0.2) is 0 Å². The topological polar surface area (TPSA) is 104 Å². The summed E-state index contributed by atoms with van der Waals surface area (Å²) in [6.45, 7) is 3.31. The summed E-state index contributed by atoms with van der Waals surface area (Å²) in [5.74, 6) is -1.17. The minimum Gasteiger partial charge on any atom is -0.478 e. The minimum absolute atomic E-state index is 0.000402. The molecule has 0 saturated carbocycles. The van der Waals surface area contributed by atoms with Crippen LogP contribution in [0, 0.1) is 6.92 Å². The van der Waals surface area contributed by atoms with Crippen LogP contribution in [-0.2, 0) is 10.0 Å². The molecular weight excluding hydrogens is 282 g/mol. The van der Waals surface area contributed by atoms with Crippen molar-refractivity contribution in [1.82, 2.24) is 4.72 Å². The summed E-state index contributed by atoms with van der Waals surface area (Å²) in [7, 11) is -3.77. The maximum absolute atomic E-state index is 12.2. The molecule has 0 spiro atoms. The molecule has 3 N–H and O–H groups in total. The van der Waals surface area contributed by atoms with Gasteiger partial charge in [-0.3, -0.25) is 0 Å². The molecule has 0 bridgehead atoms. The first-order valence-electron chi connectivity index (χ1n) is 6.25. The maximum atomic E-state index is 12.2. The molecule has 0 radical (unpaired) electrons. The molecule has 0 aliphatic carbocycles. The SMILES string of the molecule is Cc1ccc(C(=O)O)cc1S(=O)(=O)NC(C)CCCO. The Kier molecular flexibility index (Phi) is 5.67. The van der Waals surface area contributed by atoms with Crippen LogP contribution < -0.4 is 4.72 Å². The summed E-state index contributed by atoms with van der Waals surface area (Å²) < 4.78 is 27.0. The second-order valence-electron chi connectivity index (χ2n) is 4.67. The lowest BCUT2D eigenvalue weighted by Gasteiger charge is -2.15. The smallest absolute Gasteiger partial charge is 0.335 e. The molecule has 6 nitrogen and oxygen atoms in total. The zero-order valence-electron chi connectivity index (χ0n) is 11.5. The van der Waals surface area contributed by atoms with E-state index in [0.717, 1.165) is 6.07 Å². The number of aliphatic hydroxyl groups excluding tert-OH is 1. The van der Waals surface area contributed by atoms with Gasteiger partial charge in [0.25, 0.3) is 0 Å². The van der Waals surface area contributed by atoms with Crippen LogP contribution in [0.15, 0.2) is 23.1 Å². The Morgan fingerprint density at radius 3 is 2.60 bits per heavy atom. The van der Waals surface area contributed by atoms with E-state index in [-0.39, 0.29) is 23.1 Å². The van der Waals surface area contributed by atoms with Gasteiger partial charge in [-0.1, -0.05) is 6.07 Å². The zero-order chi connectivity index (χ0) is 15.3. The summed E-state index contributed by atoms with van der Waals surface area (Å²) in [5.41, 5.74) is 0.413. The lowest BCUT2D eigenvalue weighted by atomic mass is 10.1. The largest absolute Gasteiger partial charge is 0.478 e. The van der Waals surface area contributed by atoms with Crippen LogP contribution in [0.2, 0.25) is 0 Å². The first-order chi connectivity index (χ1) is 9.27. The van der Waals surface area contributed by atoms with Gasteiger partial charge < -0.3 is 10.2 Å². The Morgan fingerprint density at radius 1 is 1.40 bits per heavy atom. The van der Waals surface area contributed by atoms with E-state index in [1.807, 2.05) is 0 Å². The van der Waals surface area contributed by atoms with E-state index in [2.05, 4.69) is 4.72 Å². The molecule has 1 aromatic carbocycles. The number of nitrogens with one attached hydrogen (secondary N) is 1. The number of hydrogen-bond acceptors (Lipinski definition) is 4. The highest BCUT2D eigenvalue weighted by atomic mass is 32.2. The third kappa shape index (κ3) is 4.29. The molecule has 112 valence electrons. The Balaban J connectivity index is 3.03. The normalized spacial score (nSPS) is 13.2. The van der Waals surface area contributed by atoms with E-state index in [9.17, 15) is 13.2 Å². The van der Waals surface area contributed by atoms with Crippen molar-refractivity contribution >= 4 is 16.0 Å². The molecule has 20 heavy (non-hydrogen) atoms. The van der Waals surface area contributed by atoms with E-state index in [0.29, 0.717) is 18.4 Å². The van der Waals surface area contributed by atoms with Gasteiger partial charge >= 0.3 is 5.97 Å². The van der Waals surface area contributed by atoms with Gasteiger partial charge in [0.2, 0.25) is 10.0 Å². The van der Waals surface area contributed by atoms with Crippen molar-refractivity contribution in [3.05, 3.63) is 29.3 Å². The van der Waals surface area contributed by atoms with Crippen LogP contribution >= 0.6 is 0 Å². The number of benzene rings is 1. The summed E-state index contributed by atoms with van der Waals surface area (Å²) in [6, 6.07) is 3.65. The average Bonchev–Trinajstić information content (AvgIpc) is 2.35. The molecule has 1 atom stereocenters. The zero-order valence-corrected chi connectivity index (χ0v) is 12.3. The number of rotatable bonds is 7. The van der Waals surface area contributed by atoms with Crippen molar-refractivity contribution in [1.29, 1.82) is 0 Å². The fraction of sp³-hybridized carbons (Fsp3) is 0.462. The van der Waals surface area contributed by atoms with Gasteiger partial charge in [-0.25, -0.2) is 17.9 Å². The molecule has 1 rings (SSSR count). The number of carboxylic acid groups (broad SMARTS) is 1. The Morgan fingerprint density at radius 2 is 2.05 bits per heavy atom. The first kappa shape index (κ1) is 16.6.